The van der Waals surface area contributed by atoms with Gasteiger partial charge in [0, 0.05) is 18.3 Å². The smallest absolute Gasteiger partial charge is 0.182 e. The molecule has 0 saturated carbocycles. The number of hydrogen-bond acceptors (Lipinski definition) is 2. The molecule has 2 aromatic carbocycles. The van der Waals surface area contributed by atoms with Gasteiger partial charge in [-0.2, -0.15) is 0 Å². The Bertz CT molecular complexity index is 601. The van der Waals surface area contributed by atoms with Gasteiger partial charge in [0.2, 0.25) is 0 Å². The Morgan fingerprint density at radius 2 is 1.71 bits per heavy atom. The van der Waals surface area contributed by atoms with Crippen molar-refractivity contribution in [2.75, 3.05) is 18.5 Å². The zero-order chi connectivity index (χ0) is 15.2. The van der Waals surface area contributed by atoms with E-state index in [0.717, 1.165) is 24.1 Å². The minimum Gasteiger partial charge on any atom is -0.367 e. The third kappa shape index (κ3) is 3.94. The highest BCUT2D eigenvalue weighted by atomic mass is 16.1. The summed E-state index contributed by atoms with van der Waals surface area (Å²) in [6, 6.07) is 16.1. The van der Waals surface area contributed by atoms with Gasteiger partial charge >= 0.3 is 0 Å². The van der Waals surface area contributed by atoms with E-state index in [1.54, 1.807) is 0 Å². The van der Waals surface area contributed by atoms with Crippen molar-refractivity contribution in [1.82, 2.24) is 0 Å². The van der Waals surface area contributed by atoms with Crippen LogP contribution >= 0.6 is 0 Å². The van der Waals surface area contributed by atoms with Crippen molar-refractivity contribution < 1.29 is 4.79 Å². The van der Waals surface area contributed by atoms with E-state index in [4.69, 9.17) is 0 Å². The van der Waals surface area contributed by atoms with Crippen LogP contribution in [0.1, 0.15) is 34.8 Å². The van der Waals surface area contributed by atoms with E-state index in [9.17, 15) is 4.79 Å². The Hall–Kier alpha value is -2.09. The summed E-state index contributed by atoms with van der Waals surface area (Å²) in [6.45, 7) is 4.63. The molecule has 0 aromatic heterocycles. The minimum absolute atomic E-state index is 0.156. The van der Waals surface area contributed by atoms with Crippen LogP contribution in [0.5, 0.6) is 0 Å². The highest BCUT2D eigenvalue weighted by Crippen LogP contribution is 2.18. The Balaban J connectivity index is 2.05. The summed E-state index contributed by atoms with van der Waals surface area (Å²) < 4.78 is 0. The Morgan fingerprint density at radius 1 is 1.05 bits per heavy atom. The number of likely N-dealkylation sites (N-methyl/N-ethyl adjacent to an activating group) is 1. The van der Waals surface area contributed by atoms with Gasteiger partial charge < -0.3 is 4.90 Å². The molecule has 2 nitrogen and oxygen atoms in total. The fourth-order valence-electron chi connectivity index (χ4n) is 2.53. The lowest BCUT2D eigenvalue weighted by molar-refractivity contribution is 0.100. The predicted molar refractivity (Wildman–Crippen MR) is 89.2 cm³/mol. The highest BCUT2D eigenvalue weighted by molar-refractivity contribution is 5.99. The average Bonchev–Trinajstić information content (AvgIpc) is 2.48. The van der Waals surface area contributed by atoms with Crippen molar-refractivity contribution in [3.05, 3.63) is 65.2 Å². The van der Waals surface area contributed by atoms with Crippen LogP contribution in [0.15, 0.2) is 48.5 Å². The van der Waals surface area contributed by atoms with Gasteiger partial charge in [-0.15, -0.1) is 0 Å². The number of para-hydroxylation sites is 1. The second-order valence-electron chi connectivity index (χ2n) is 5.51. The molecule has 2 rings (SSSR count). The number of carbonyl (C=O) groups is 1. The summed E-state index contributed by atoms with van der Waals surface area (Å²) in [5.41, 5.74) is 4.37. The fraction of sp³-hybridized carbons (Fsp3) is 0.316. The zero-order valence-electron chi connectivity index (χ0n) is 13.1. The predicted octanol–water partition coefficient (Wildman–Crippen LogP) is 4.27. The SMILES string of the molecule is CCCc1ccc(C(=O)CN(C)c2ccccc2C)cc1. The number of Topliss-reactive ketones (excluding diaryl/α,β-unsaturated/α-hetero) is 1. The second kappa shape index (κ2) is 7.07. The first-order valence-electron chi connectivity index (χ1n) is 7.50. The summed E-state index contributed by atoms with van der Waals surface area (Å²) in [5.74, 6) is 0.156. The van der Waals surface area contributed by atoms with Crippen LogP contribution in [-0.2, 0) is 6.42 Å². The Morgan fingerprint density at radius 3 is 2.33 bits per heavy atom. The molecule has 0 bridgehead atoms. The molecule has 0 atom stereocenters. The van der Waals surface area contributed by atoms with Gasteiger partial charge in [-0.25, -0.2) is 0 Å². The van der Waals surface area contributed by atoms with Gasteiger partial charge in [-0.05, 0) is 30.5 Å². The van der Waals surface area contributed by atoms with Crippen molar-refractivity contribution in [1.29, 1.82) is 0 Å². The lowest BCUT2D eigenvalue weighted by Crippen LogP contribution is -2.26. The minimum atomic E-state index is 0.156. The molecule has 21 heavy (non-hydrogen) atoms. The summed E-state index contributed by atoms with van der Waals surface area (Å²) >= 11 is 0. The number of nitrogens with zero attached hydrogens (tertiary/aromatic N) is 1. The number of benzene rings is 2. The Kier molecular flexibility index (Phi) is 5.15. The Labute approximate surface area is 127 Å². The molecule has 0 saturated heterocycles. The van der Waals surface area contributed by atoms with Crippen LogP contribution in [0.2, 0.25) is 0 Å². The van der Waals surface area contributed by atoms with Crippen molar-refractivity contribution >= 4 is 11.5 Å². The molecule has 0 N–H and O–H groups in total. The molecule has 110 valence electrons. The van der Waals surface area contributed by atoms with Crippen LogP contribution in [0, 0.1) is 6.92 Å². The molecule has 0 heterocycles. The highest BCUT2D eigenvalue weighted by Gasteiger charge is 2.11. The zero-order valence-corrected chi connectivity index (χ0v) is 13.1. The van der Waals surface area contributed by atoms with Gasteiger partial charge in [-0.1, -0.05) is 55.8 Å². The fourth-order valence-corrected chi connectivity index (χ4v) is 2.53. The summed E-state index contributed by atoms with van der Waals surface area (Å²) in [6.07, 6.45) is 2.20. The van der Waals surface area contributed by atoms with Gasteiger partial charge in [0.15, 0.2) is 5.78 Å². The summed E-state index contributed by atoms with van der Waals surface area (Å²) in [5, 5.41) is 0. The maximum atomic E-state index is 12.4. The van der Waals surface area contributed by atoms with Crippen LogP contribution in [-0.4, -0.2) is 19.4 Å². The van der Waals surface area contributed by atoms with E-state index in [-0.39, 0.29) is 5.78 Å². The number of ketones is 1. The second-order valence-corrected chi connectivity index (χ2v) is 5.51. The molecular formula is C19H23NO. The van der Waals surface area contributed by atoms with Crippen LogP contribution < -0.4 is 4.90 Å². The van der Waals surface area contributed by atoms with Crippen LogP contribution in [0.3, 0.4) is 0 Å². The van der Waals surface area contributed by atoms with Crippen molar-refractivity contribution in [2.24, 2.45) is 0 Å². The molecule has 0 aliphatic heterocycles. The first kappa shape index (κ1) is 15.3. The molecule has 2 heteroatoms. The molecule has 0 aliphatic rings. The van der Waals surface area contributed by atoms with Crippen molar-refractivity contribution in [3.63, 3.8) is 0 Å². The van der Waals surface area contributed by atoms with E-state index in [2.05, 4.69) is 32.0 Å². The number of carbonyl (C=O) groups excluding carboxylic acids is 1. The number of hydrogen-bond donors (Lipinski definition) is 0. The first-order valence-corrected chi connectivity index (χ1v) is 7.50. The molecule has 0 spiro atoms. The maximum Gasteiger partial charge on any atom is 0.182 e. The topological polar surface area (TPSA) is 20.3 Å². The standard InChI is InChI=1S/C19H23NO/c1-4-7-16-10-12-17(13-11-16)19(21)14-20(3)18-9-6-5-8-15(18)2/h5-6,8-13H,4,7,14H2,1-3H3. The number of aryl methyl sites for hydroxylation is 2. The quantitative estimate of drug-likeness (QED) is 0.737. The van der Waals surface area contributed by atoms with E-state index >= 15 is 0 Å². The van der Waals surface area contributed by atoms with E-state index in [0.29, 0.717) is 6.54 Å². The molecule has 0 unspecified atom stereocenters. The van der Waals surface area contributed by atoms with Gasteiger partial charge in [0.1, 0.15) is 0 Å². The van der Waals surface area contributed by atoms with Gasteiger partial charge in [-0.3, -0.25) is 4.79 Å². The number of anilines is 1. The average molecular weight is 281 g/mol. The monoisotopic (exact) mass is 281 g/mol. The summed E-state index contributed by atoms with van der Waals surface area (Å²) in [7, 11) is 1.96. The van der Waals surface area contributed by atoms with E-state index < -0.39 is 0 Å². The largest absolute Gasteiger partial charge is 0.367 e. The normalized spacial score (nSPS) is 10.4. The molecular weight excluding hydrogens is 258 g/mol. The van der Waals surface area contributed by atoms with E-state index in [1.165, 1.54) is 11.1 Å². The van der Waals surface area contributed by atoms with Crippen LogP contribution in [0.4, 0.5) is 5.69 Å². The molecule has 0 fully saturated rings. The molecule has 0 radical (unpaired) electrons. The van der Waals surface area contributed by atoms with Gasteiger partial charge in [0.05, 0.1) is 6.54 Å². The maximum absolute atomic E-state index is 12.4. The first-order chi connectivity index (χ1) is 10.1. The number of rotatable bonds is 6. The third-order valence-electron chi connectivity index (χ3n) is 3.72. The summed E-state index contributed by atoms with van der Waals surface area (Å²) in [4.78, 5) is 14.4. The molecule has 0 aliphatic carbocycles. The van der Waals surface area contributed by atoms with Crippen LogP contribution in [0.25, 0.3) is 0 Å². The molecule has 0 amide bonds. The van der Waals surface area contributed by atoms with E-state index in [1.807, 2.05) is 42.3 Å². The van der Waals surface area contributed by atoms with Crippen molar-refractivity contribution in [3.8, 4) is 0 Å². The lowest BCUT2D eigenvalue weighted by Gasteiger charge is -2.20. The molecule has 2 aromatic rings. The van der Waals surface area contributed by atoms with Gasteiger partial charge in [0.25, 0.3) is 0 Å². The lowest BCUT2D eigenvalue weighted by atomic mass is 10.0. The van der Waals surface area contributed by atoms with Crippen molar-refractivity contribution in [2.45, 2.75) is 26.7 Å². The third-order valence-corrected chi connectivity index (χ3v) is 3.72.